The first-order valence-corrected chi connectivity index (χ1v) is 11.9. The van der Waals surface area contributed by atoms with Crippen LogP contribution in [0.3, 0.4) is 0 Å². The number of amides is 1. The second-order valence-electron chi connectivity index (χ2n) is 7.36. The zero-order chi connectivity index (χ0) is 22.4. The predicted octanol–water partition coefficient (Wildman–Crippen LogP) is 3.14. The molecule has 0 spiro atoms. The van der Waals surface area contributed by atoms with Crippen LogP contribution in [-0.2, 0) is 14.8 Å². The highest BCUT2D eigenvalue weighted by Gasteiger charge is 2.32. The third-order valence-electron chi connectivity index (χ3n) is 5.17. The molecule has 7 nitrogen and oxygen atoms in total. The Labute approximate surface area is 187 Å². The summed E-state index contributed by atoms with van der Waals surface area (Å²) in [5, 5.41) is 3.42. The SMILES string of the molecule is CC(=O)c1cccc(S(=O)(=O)N2CCC(C(=O)NCCOc3cccc(Cl)c3)CC2)c1. The average Bonchev–Trinajstić information content (AvgIpc) is 2.77. The van der Waals surface area contributed by atoms with E-state index in [2.05, 4.69) is 5.32 Å². The first-order chi connectivity index (χ1) is 14.8. The van der Waals surface area contributed by atoms with Gasteiger partial charge < -0.3 is 10.1 Å². The zero-order valence-electron chi connectivity index (χ0n) is 17.2. The molecule has 1 saturated heterocycles. The Morgan fingerprint density at radius 1 is 1.13 bits per heavy atom. The molecule has 0 unspecified atom stereocenters. The van der Waals surface area contributed by atoms with Gasteiger partial charge in [-0.1, -0.05) is 29.8 Å². The largest absolute Gasteiger partial charge is 0.492 e. The number of piperidine rings is 1. The van der Waals surface area contributed by atoms with Gasteiger partial charge in [0.2, 0.25) is 15.9 Å². The number of nitrogens with one attached hydrogen (secondary N) is 1. The van der Waals surface area contributed by atoms with E-state index in [4.69, 9.17) is 16.3 Å². The number of benzene rings is 2. The number of rotatable bonds is 8. The molecule has 0 saturated carbocycles. The van der Waals surface area contributed by atoms with E-state index in [1.165, 1.54) is 23.4 Å². The Kier molecular flexibility index (Phi) is 7.69. The van der Waals surface area contributed by atoms with Gasteiger partial charge in [-0.05, 0) is 50.1 Å². The highest BCUT2D eigenvalue weighted by Crippen LogP contribution is 2.24. The quantitative estimate of drug-likeness (QED) is 0.478. The second kappa shape index (κ2) is 10.3. The second-order valence-corrected chi connectivity index (χ2v) is 9.73. The van der Waals surface area contributed by atoms with Crippen molar-refractivity contribution < 1.29 is 22.7 Å². The van der Waals surface area contributed by atoms with Crippen LogP contribution in [0, 0.1) is 5.92 Å². The van der Waals surface area contributed by atoms with E-state index in [9.17, 15) is 18.0 Å². The van der Waals surface area contributed by atoms with Crippen molar-refractivity contribution in [1.29, 1.82) is 0 Å². The lowest BCUT2D eigenvalue weighted by atomic mass is 9.97. The molecule has 3 rings (SSSR count). The number of ketones is 1. The molecule has 2 aromatic carbocycles. The molecule has 0 aliphatic carbocycles. The molecular formula is C22H25ClN2O5S. The van der Waals surface area contributed by atoms with E-state index in [1.54, 1.807) is 36.4 Å². The maximum atomic E-state index is 12.9. The van der Waals surface area contributed by atoms with Crippen molar-refractivity contribution in [2.45, 2.75) is 24.7 Å². The third-order valence-corrected chi connectivity index (χ3v) is 7.30. The molecule has 0 aromatic heterocycles. The van der Waals surface area contributed by atoms with Crippen molar-refractivity contribution in [3.8, 4) is 5.75 Å². The molecule has 1 aliphatic rings. The van der Waals surface area contributed by atoms with Crippen LogP contribution in [0.1, 0.15) is 30.1 Å². The summed E-state index contributed by atoms with van der Waals surface area (Å²) in [6.07, 6.45) is 0.874. The van der Waals surface area contributed by atoms with E-state index >= 15 is 0 Å². The van der Waals surface area contributed by atoms with E-state index in [1.807, 2.05) is 0 Å². The summed E-state index contributed by atoms with van der Waals surface area (Å²) in [4.78, 5) is 24.1. The van der Waals surface area contributed by atoms with Gasteiger partial charge in [0.25, 0.3) is 0 Å². The number of ether oxygens (including phenoxy) is 1. The van der Waals surface area contributed by atoms with Crippen molar-refractivity contribution in [2.24, 2.45) is 5.92 Å². The van der Waals surface area contributed by atoms with Crippen LogP contribution in [0.15, 0.2) is 53.4 Å². The van der Waals surface area contributed by atoms with Gasteiger partial charge in [-0.25, -0.2) is 8.42 Å². The summed E-state index contributed by atoms with van der Waals surface area (Å²) in [6.45, 7) is 2.57. The first kappa shape index (κ1) is 23.2. The Bertz CT molecular complexity index is 1050. The zero-order valence-corrected chi connectivity index (χ0v) is 18.8. The van der Waals surface area contributed by atoms with Crippen LogP contribution < -0.4 is 10.1 Å². The topological polar surface area (TPSA) is 92.8 Å². The Balaban J connectivity index is 1.47. The van der Waals surface area contributed by atoms with Crippen LogP contribution in [0.25, 0.3) is 0 Å². The van der Waals surface area contributed by atoms with Crippen molar-refractivity contribution >= 4 is 33.3 Å². The van der Waals surface area contributed by atoms with E-state index < -0.39 is 10.0 Å². The van der Waals surface area contributed by atoms with Gasteiger partial charge in [-0.2, -0.15) is 4.31 Å². The summed E-state index contributed by atoms with van der Waals surface area (Å²) in [7, 11) is -3.70. The summed E-state index contributed by atoms with van der Waals surface area (Å²) >= 11 is 5.90. The van der Waals surface area contributed by atoms with Crippen LogP contribution in [-0.4, -0.2) is 50.7 Å². The maximum absolute atomic E-state index is 12.9. The predicted molar refractivity (Wildman–Crippen MR) is 118 cm³/mol. The monoisotopic (exact) mass is 464 g/mol. The van der Waals surface area contributed by atoms with Crippen molar-refractivity contribution in [1.82, 2.24) is 9.62 Å². The molecule has 0 bridgehead atoms. The molecule has 1 amide bonds. The molecule has 9 heteroatoms. The summed E-state index contributed by atoms with van der Waals surface area (Å²) < 4.78 is 32.7. The van der Waals surface area contributed by atoms with Crippen molar-refractivity contribution in [3.63, 3.8) is 0 Å². The van der Waals surface area contributed by atoms with Gasteiger partial charge in [-0.15, -0.1) is 0 Å². The standard InChI is InChI=1S/C22H25ClN2O5S/c1-16(26)18-4-2-7-21(14-18)31(28,29)25-11-8-17(9-12-25)22(27)24-10-13-30-20-6-3-5-19(23)15-20/h2-7,14-15,17H,8-13H2,1H3,(H,24,27). The van der Waals surface area contributed by atoms with E-state index in [0.29, 0.717) is 42.3 Å². The summed E-state index contributed by atoms with van der Waals surface area (Å²) in [5.41, 5.74) is 0.357. The highest BCUT2D eigenvalue weighted by atomic mass is 35.5. The molecule has 31 heavy (non-hydrogen) atoms. The summed E-state index contributed by atoms with van der Waals surface area (Å²) in [6, 6.07) is 13.1. The van der Waals surface area contributed by atoms with Gasteiger partial charge in [0.05, 0.1) is 11.4 Å². The van der Waals surface area contributed by atoms with Crippen LogP contribution in [0.5, 0.6) is 5.75 Å². The van der Waals surface area contributed by atoms with Crippen molar-refractivity contribution in [2.75, 3.05) is 26.2 Å². The van der Waals surface area contributed by atoms with E-state index in [0.717, 1.165) is 0 Å². The molecule has 1 aliphatic heterocycles. The van der Waals surface area contributed by atoms with Gasteiger partial charge in [0.1, 0.15) is 12.4 Å². The Hall–Kier alpha value is -2.42. The maximum Gasteiger partial charge on any atom is 0.243 e. The fourth-order valence-corrected chi connectivity index (χ4v) is 5.12. The lowest BCUT2D eigenvalue weighted by Crippen LogP contribution is -2.43. The number of hydrogen-bond donors (Lipinski definition) is 1. The summed E-state index contributed by atoms with van der Waals surface area (Å²) in [5.74, 6) is 0.0902. The number of halogens is 1. The smallest absolute Gasteiger partial charge is 0.243 e. The van der Waals surface area contributed by atoms with Gasteiger partial charge in [0, 0.05) is 29.6 Å². The number of hydrogen-bond acceptors (Lipinski definition) is 5. The fourth-order valence-electron chi connectivity index (χ4n) is 3.43. The molecule has 166 valence electrons. The number of carbonyl (C=O) groups is 2. The minimum Gasteiger partial charge on any atom is -0.492 e. The molecule has 1 heterocycles. The van der Waals surface area contributed by atoms with Crippen LogP contribution >= 0.6 is 11.6 Å². The Morgan fingerprint density at radius 2 is 1.84 bits per heavy atom. The molecule has 1 fully saturated rings. The normalized spacial score (nSPS) is 15.4. The minimum absolute atomic E-state index is 0.0984. The van der Waals surface area contributed by atoms with Gasteiger partial charge in [0.15, 0.2) is 5.78 Å². The number of carbonyl (C=O) groups excluding carboxylic acids is 2. The third kappa shape index (κ3) is 6.06. The number of Topliss-reactive ketones (excluding diaryl/α,β-unsaturated/α-hetero) is 1. The average molecular weight is 465 g/mol. The minimum atomic E-state index is -3.70. The number of sulfonamides is 1. The van der Waals surface area contributed by atoms with Gasteiger partial charge >= 0.3 is 0 Å². The van der Waals surface area contributed by atoms with Crippen LogP contribution in [0.4, 0.5) is 0 Å². The first-order valence-electron chi connectivity index (χ1n) is 10.0. The lowest BCUT2D eigenvalue weighted by molar-refractivity contribution is -0.126. The van der Waals surface area contributed by atoms with Crippen LogP contribution in [0.2, 0.25) is 5.02 Å². The van der Waals surface area contributed by atoms with Crippen molar-refractivity contribution in [3.05, 3.63) is 59.1 Å². The molecule has 2 aromatic rings. The molecule has 0 atom stereocenters. The lowest BCUT2D eigenvalue weighted by Gasteiger charge is -2.30. The number of nitrogens with zero attached hydrogens (tertiary/aromatic N) is 1. The fraction of sp³-hybridized carbons (Fsp3) is 0.364. The molecule has 0 radical (unpaired) electrons. The van der Waals surface area contributed by atoms with E-state index in [-0.39, 0.29) is 35.6 Å². The molecular weight excluding hydrogens is 440 g/mol. The molecule has 1 N–H and O–H groups in total. The Morgan fingerprint density at radius 3 is 2.52 bits per heavy atom. The highest BCUT2D eigenvalue weighted by molar-refractivity contribution is 7.89. The van der Waals surface area contributed by atoms with Gasteiger partial charge in [-0.3, -0.25) is 9.59 Å².